The average molecular weight is 354 g/mol. The molecule has 0 amide bonds. The average Bonchev–Trinajstić information content (AvgIpc) is 3.19. The van der Waals surface area contributed by atoms with E-state index >= 15 is 0 Å². The van der Waals surface area contributed by atoms with Crippen LogP contribution in [-0.4, -0.2) is 19.5 Å². The van der Waals surface area contributed by atoms with Gasteiger partial charge in [-0.15, -0.1) is 0 Å². The Morgan fingerprint density at radius 1 is 0.960 bits per heavy atom. The number of fused-ring (bicyclic) bond motifs is 1. The van der Waals surface area contributed by atoms with Crippen molar-refractivity contribution in [3.05, 3.63) is 66.2 Å². The van der Waals surface area contributed by atoms with Crippen molar-refractivity contribution >= 4 is 15.6 Å². The molecule has 3 aliphatic rings. The highest BCUT2D eigenvalue weighted by Gasteiger charge is 2.65. The number of hydrogen-bond donors (Lipinski definition) is 0. The first kappa shape index (κ1) is 16.5. The van der Waals surface area contributed by atoms with E-state index in [-0.39, 0.29) is 5.78 Å². The van der Waals surface area contributed by atoms with Crippen molar-refractivity contribution in [3.63, 3.8) is 0 Å². The Labute approximate surface area is 149 Å². The molecule has 3 fully saturated rings. The monoisotopic (exact) mass is 354 g/mol. The Hall–Kier alpha value is -1.94. The highest BCUT2D eigenvalue weighted by Crippen LogP contribution is 2.62. The van der Waals surface area contributed by atoms with Crippen molar-refractivity contribution in [2.24, 2.45) is 11.3 Å². The van der Waals surface area contributed by atoms with Gasteiger partial charge in [0.15, 0.2) is 9.84 Å². The molecule has 3 nitrogen and oxygen atoms in total. The van der Waals surface area contributed by atoms with Crippen LogP contribution in [0.15, 0.2) is 65.6 Å². The van der Waals surface area contributed by atoms with Crippen LogP contribution < -0.4 is 0 Å². The molecule has 3 saturated carbocycles. The fraction of sp³-hybridized carbons (Fsp3) is 0.381. The van der Waals surface area contributed by atoms with Crippen LogP contribution in [0.4, 0.5) is 0 Å². The molecule has 4 heteroatoms. The van der Waals surface area contributed by atoms with E-state index in [0.29, 0.717) is 30.1 Å². The summed E-state index contributed by atoms with van der Waals surface area (Å²) < 4.78 is 26.2. The lowest BCUT2D eigenvalue weighted by atomic mass is 9.66. The molecule has 1 atom stereocenters. The molecular formula is C21H22O3S. The summed E-state index contributed by atoms with van der Waals surface area (Å²) in [5.41, 5.74) is 0.484. The van der Waals surface area contributed by atoms with Gasteiger partial charge >= 0.3 is 0 Å². The third-order valence-corrected chi connectivity index (χ3v) is 8.28. The molecule has 25 heavy (non-hydrogen) atoms. The summed E-state index contributed by atoms with van der Waals surface area (Å²) in [5, 5.41) is -0.546. The van der Waals surface area contributed by atoms with Crippen molar-refractivity contribution in [2.75, 3.05) is 0 Å². The van der Waals surface area contributed by atoms with Crippen LogP contribution in [0.25, 0.3) is 0 Å². The van der Waals surface area contributed by atoms with Gasteiger partial charge in [-0.2, -0.15) is 0 Å². The SMILES string of the molecule is O=C(CCc1ccccc1)C12CC(CC1S(=O)(=O)c1ccccc1)C2. The molecule has 0 heterocycles. The van der Waals surface area contributed by atoms with Crippen LogP contribution in [0.5, 0.6) is 0 Å². The van der Waals surface area contributed by atoms with E-state index < -0.39 is 20.5 Å². The van der Waals surface area contributed by atoms with Gasteiger partial charge < -0.3 is 0 Å². The summed E-state index contributed by atoms with van der Waals surface area (Å²) >= 11 is 0. The van der Waals surface area contributed by atoms with Crippen molar-refractivity contribution in [3.8, 4) is 0 Å². The zero-order valence-corrected chi connectivity index (χ0v) is 14.9. The lowest BCUT2D eigenvalue weighted by Gasteiger charge is -2.39. The second kappa shape index (κ2) is 6.10. The predicted molar refractivity (Wildman–Crippen MR) is 97.0 cm³/mol. The van der Waals surface area contributed by atoms with E-state index in [4.69, 9.17) is 0 Å². The van der Waals surface area contributed by atoms with Crippen molar-refractivity contribution in [1.82, 2.24) is 0 Å². The van der Waals surface area contributed by atoms with Crippen LogP contribution >= 0.6 is 0 Å². The number of carbonyl (C=O) groups excluding carboxylic acids is 1. The lowest BCUT2D eigenvalue weighted by Crippen LogP contribution is -2.45. The predicted octanol–water partition coefficient (Wildman–Crippen LogP) is 3.83. The molecule has 0 aliphatic heterocycles. The summed E-state index contributed by atoms with van der Waals surface area (Å²) in [6.07, 6.45) is 3.24. The number of hydrogen-bond acceptors (Lipinski definition) is 3. The van der Waals surface area contributed by atoms with Gasteiger partial charge in [-0.05, 0) is 49.3 Å². The Balaban J connectivity index is 1.55. The van der Waals surface area contributed by atoms with Crippen molar-refractivity contribution in [1.29, 1.82) is 0 Å². The van der Waals surface area contributed by atoms with Gasteiger partial charge in [-0.25, -0.2) is 8.42 Å². The van der Waals surface area contributed by atoms with E-state index in [2.05, 4.69) is 0 Å². The Bertz CT molecular complexity index is 866. The first-order valence-electron chi connectivity index (χ1n) is 8.88. The summed E-state index contributed by atoms with van der Waals surface area (Å²) in [6, 6.07) is 18.5. The number of Topliss-reactive ketones (excluding diaryl/α,β-unsaturated/α-hetero) is 1. The molecule has 0 saturated heterocycles. The smallest absolute Gasteiger partial charge is 0.182 e. The fourth-order valence-electron chi connectivity index (χ4n) is 4.69. The van der Waals surface area contributed by atoms with Crippen LogP contribution in [0.2, 0.25) is 0 Å². The van der Waals surface area contributed by atoms with Crippen LogP contribution in [0.3, 0.4) is 0 Å². The summed E-state index contributed by atoms with van der Waals surface area (Å²) in [4.78, 5) is 13.4. The van der Waals surface area contributed by atoms with Crippen LogP contribution in [0.1, 0.15) is 31.2 Å². The maximum Gasteiger partial charge on any atom is 0.182 e. The van der Waals surface area contributed by atoms with Gasteiger partial charge in [-0.1, -0.05) is 48.5 Å². The topological polar surface area (TPSA) is 51.2 Å². The molecule has 2 bridgehead atoms. The second-order valence-corrected chi connectivity index (χ2v) is 9.55. The molecule has 2 aromatic rings. The third kappa shape index (κ3) is 2.73. The minimum atomic E-state index is -3.45. The second-order valence-electron chi connectivity index (χ2n) is 7.42. The highest BCUT2D eigenvalue weighted by atomic mass is 32.2. The highest BCUT2D eigenvalue weighted by molar-refractivity contribution is 7.92. The molecule has 3 aliphatic carbocycles. The number of benzene rings is 2. The Morgan fingerprint density at radius 2 is 1.56 bits per heavy atom. The normalized spacial score (nSPS) is 27.7. The van der Waals surface area contributed by atoms with Crippen LogP contribution in [0, 0.1) is 11.3 Å². The van der Waals surface area contributed by atoms with Crippen molar-refractivity contribution < 1.29 is 13.2 Å². The van der Waals surface area contributed by atoms with E-state index in [1.165, 1.54) is 0 Å². The van der Waals surface area contributed by atoms with Gasteiger partial charge in [0.1, 0.15) is 5.78 Å². The summed E-state index contributed by atoms with van der Waals surface area (Å²) in [5.74, 6) is 0.527. The molecular weight excluding hydrogens is 332 g/mol. The summed E-state index contributed by atoms with van der Waals surface area (Å²) in [7, 11) is -3.45. The van der Waals surface area contributed by atoms with Gasteiger partial charge in [0.25, 0.3) is 0 Å². The third-order valence-electron chi connectivity index (χ3n) is 5.95. The number of rotatable bonds is 6. The van der Waals surface area contributed by atoms with Crippen molar-refractivity contribution in [2.45, 2.75) is 42.2 Å². The quantitative estimate of drug-likeness (QED) is 0.792. The molecule has 0 aromatic heterocycles. The largest absolute Gasteiger partial charge is 0.299 e. The lowest BCUT2D eigenvalue weighted by molar-refractivity contribution is -0.132. The molecule has 0 spiro atoms. The Morgan fingerprint density at radius 3 is 2.20 bits per heavy atom. The van der Waals surface area contributed by atoms with Gasteiger partial charge in [0.2, 0.25) is 0 Å². The van der Waals surface area contributed by atoms with Gasteiger partial charge in [0.05, 0.1) is 10.1 Å². The van der Waals surface area contributed by atoms with E-state index in [9.17, 15) is 13.2 Å². The molecule has 0 N–H and O–H groups in total. The maximum atomic E-state index is 13.1. The van der Waals surface area contributed by atoms with Gasteiger partial charge in [0, 0.05) is 11.8 Å². The van der Waals surface area contributed by atoms with E-state index in [0.717, 1.165) is 18.4 Å². The van der Waals surface area contributed by atoms with E-state index in [1.807, 2.05) is 36.4 Å². The number of sulfone groups is 1. The number of ketones is 1. The molecule has 1 unspecified atom stereocenters. The molecule has 130 valence electrons. The minimum absolute atomic E-state index is 0.134. The number of carbonyl (C=O) groups is 1. The maximum absolute atomic E-state index is 13.1. The first-order chi connectivity index (χ1) is 12.0. The molecule has 2 aromatic carbocycles. The Kier molecular flexibility index (Phi) is 4.03. The zero-order chi connectivity index (χ0) is 17.5. The standard InChI is InChI=1S/C21H22O3S/c22-19(12-11-16-7-3-1-4-8-16)21-14-17(15-21)13-20(21)25(23,24)18-9-5-2-6-10-18/h1-10,17,20H,11-15H2. The zero-order valence-electron chi connectivity index (χ0n) is 14.1. The number of aryl methyl sites for hydroxylation is 1. The molecule has 0 radical (unpaired) electrons. The molecule has 5 rings (SSSR count). The first-order valence-corrected chi connectivity index (χ1v) is 10.4. The van der Waals surface area contributed by atoms with Gasteiger partial charge in [-0.3, -0.25) is 4.79 Å². The minimum Gasteiger partial charge on any atom is -0.299 e. The van der Waals surface area contributed by atoms with Crippen LogP contribution in [-0.2, 0) is 21.1 Å². The summed E-state index contributed by atoms with van der Waals surface area (Å²) in [6.45, 7) is 0. The fourth-order valence-corrected chi connectivity index (χ4v) is 6.99. The van der Waals surface area contributed by atoms with E-state index in [1.54, 1.807) is 24.3 Å².